The highest BCUT2D eigenvalue weighted by Crippen LogP contribution is 2.32. The molecule has 164 valence electrons. The van der Waals surface area contributed by atoms with E-state index in [9.17, 15) is 4.79 Å². The maximum atomic E-state index is 12.5. The van der Waals surface area contributed by atoms with Gasteiger partial charge < -0.3 is 23.9 Å². The normalized spacial score (nSPS) is 10.7. The predicted octanol–water partition coefficient (Wildman–Crippen LogP) is 4.19. The lowest BCUT2D eigenvalue weighted by atomic mass is 10.2. The van der Waals surface area contributed by atoms with Crippen LogP contribution < -0.4 is 14.8 Å². The first-order chi connectivity index (χ1) is 15.6. The summed E-state index contributed by atoms with van der Waals surface area (Å²) in [5, 5.41) is 7.56. The minimum Gasteiger partial charge on any atom is -0.493 e. The number of nitrogens with one attached hydrogen (secondary N) is 1. The lowest BCUT2D eigenvalue weighted by Crippen LogP contribution is -2.27. The van der Waals surface area contributed by atoms with Crippen LogP contribution in [0.4, 0.5) is 0 Å². The Kier molecular flexibility index (Phi) is 6.42. The summed E-state index contributed by atoms with van der Waals surface area (Å²) in [6.45, 7) is 0.444. The van der Waals surface area contributed by atoms with E-state index in [2.05, 4.69) is 15.5 Å². The zero-order chi connectivity index (χ0) is 22.5. The number of carbonyl (C=O) groups is 1. The fourth-order valence-corrected chi connectivity index (χ4v) is 3.41. The van der Waals surface area contributed by atoms with Crippen LogP contribution in [0.5, 0.6) is 11.5 Å². The van der Waals surface area contributed by atoms with Crippen molar-refractivity contribution in [3.8, 4) is 34.5 Å². The van der Waals surface area contributed by atoms with Gasteiger partial charge in [0.15, 0.2) is 11.5 Å². The van der Waals surface area contributed by atoms with Gasteiger partial charge in [-0.05, 0) is 42.0 Å². The summed E-state index contributed by atoms with van der Waals surface area (Å²) in [5.41, 5.74) is 2.21. The molecule has 2 aromatic carbocycles. The van der Waals surface area contributed by atoms with E-state index in [4.69, 9.17) is 25.6 Å². The molecule has 0 saturated heterocycles. The van der Waals surface area contributed by atoms with Gasteiger partial charge in [0, 0.05) is 23.3 Å². The number of methoxy groups -OCH3 is 2. The molecule has 0 aliphatic rings. The van der Waals surface area contributed by atoms with Crippen LogP contribution in [0.25, 0.3) is 23.0 Å². The molecule has 0 unspecified atom stereocenters. The highest BCUT2D eigenvalue weighted by Gasteiger charge is 2.17. The number of ether oxygens (including phenoxy) is 2. The molecule has 1 amide bonds. The van der Waals surface area contributed by atoms with Crippen LogP contribution in [0, 0.1) is 0 Å². The molecule has 0 radical (unpaired) electrons. The SMILES string of the molecule is COc1ccc(-c2noc(-c3cccn3CC(=O)NCc3ccccc3Cl)n2)cc1OC. The summed E-state index contributed by atoms with van der Waals surface area (Å²) in [4.78, 5) is 17.0. The number of rotatable bonds is 8. The van der Waals surface area contributed by atoms with E-state index in [1.54, 1.807) is 43.2 Å². The van der Waals surface area contributed by atoms with Crippen molar-refractivity contribution >= 4 is 17.5 Å². The third-order valence-electron chi connectivity index (χ3n) is 4.86. The first kappa shape index (κ1) is 21.5. The minimum absolute atomic E-state index is 0.0981. The fourth-order valence-electron chi connectivity index (χ4n) is 3.21. The van der Waals surface area contributed by atoms with Crippen LogP contribution in [-0.2, 0) is 17.9 Å². The van der Waals surface area contributed by atoms with Gasteiger partial charge in [-0.15, -0.1) is 0 Å². The number of amides is 1. The van der Waals surface area contributed by atoms with Crippen molar-refractivity contribution in [3.05, 3.63) is 71.4 Å². The van der Waals surface area contributed by atoms with Gasteiger partial charge in [-0.3, -0.25) is 4.79 Å². The first-order valence-corrected chi connectivity index (χ1v) is 10.2. The predicted molar refractivity (Wildman–Crippen MR) is 120 cm³/mol. The summed E-state index contributed by atoms with van der Waals surface area (Å²) < 4.78 is 17.8. The van der Waals surface area contributed by atoms with E-state index in [0.717, 1.165) is 5.56 Å². The minimum atomic E-state index is -0.165. The summed E-state index contributed by atoms with van der Waals surface area (Å²) in [6.07, 6.45) is 1.78. The summed E-state index contributed by atoms with van der Waals surface area (Å²) in [7, 11) is 3.13. The maximum Gasteiger partial charge on any atom is 0.274 e. The highest BCUT2D eigenvalue weighted by atomic mass is 35.5. The van der Waals surface area contributed by atoms with Gasteiger partial charge in [-0.2, -0.15) is 4.98 Å². The topological polar surface area (TPSA) is 91.4 Å². The van der Waals surface area contributed by atoms with E-state index >= 15 is 0 Å². The van der Waals surface area contributed by atoms with Crippen LogP contribution >= 0.6 is 11.6 Å². The molecule has 4 rings (SSSR count). The van der Waals surface area contributed by atoms with E-state index in [0.29, 0.717) is 46.0 Å². The van der Waals surface area contributed by atoms with Crippen molar-refractivity contribution in [3.63, 3.8) is 0 Å². The number of benzene rings is 2. The fraction of sp³-hybridized carbons (Fsp3) is 0.174. The molecular weight excluding hydrogens is 432 g/mol. The number of halogens is 1. The van der Waals surface area contributed by atoms with Crippen molar-refractivity contribution < 1.29 is 18.8 Å². The molecule has 2 heterocycles. The second-order valence-corrected chi connectivity index (χ2v) is 7.29. The van der Waals surface area contributed by atoms with Crippen LogP contribution in [0.15, 0.2) is 65.3 Å². The average molecular weight is 453 g/mol. The average Bonchev–Trinajstić information content (AvgIpc) is 3.47. The number of aromatic nitrogens is 3. The van der Waals surface area contributed by atoms with E-state index in [1.807, 2.05) is 36.4 Å². The van der Waals surface area contributed by atoms with E-state index < -0.39 is 0 Å². The third-order valence-corrected chi connectivity index (χ3v) is 5.23. The molecule has 0 fully saturated rings. The monoisotopic (exact) mass is 452 g/mol. The zero-order valence-corrected chi connectivity index (χ0v) is 18.3. The quantitative estimate of drug-likeness (QED) is 0.431. The van der Waals surface area contributed by atoms with Crippen LogP contribution in [0.2, 0.25) is 5.02 Å². The molecular formula is C23H21ClN4O4. The molecule has 32 heavy (non-hydrogen) atoms. The lowest BCUT2D eigenvalue weighted by molar-refractivity contribution is -0.121. The third kappa shape index (κ3) is 4.60. The van der Waals surface area contributed by atoms with Gasteiger partial charge in [-0.25, -0.2) is 0 Å². The number of carbonyl (C=O) groups excluding carboxylic acids is 1. The smallest absolute Gasteiger partial charge is 0.274 e. The Morgan fingerprint density at radius 1 is 1.09 bits per heavy atom. The zero-order valence-electron chi connectivity index (χ0n) is 17.5. The van der Waals surface area contributed by atoms with Gasteiger partial charge in [0.25, 0.3) is 5.89 Å². The van der Waals surface area contributed by atoms with Crippen molar-refractivity contribution in [2.24, 2.45) is 0 Å². The molecule has 9 heteroatoms. The molecule has 1 N–H and O–H groups in total. The van der Waals surface area contributed by atoms with Crippen LogP contribution in [0.1, 0.15) is 5.56 Å². The lowest BCUT2D eigenvalue weighted by Gasteiger charge is -2.09. The summed E-state index contributed by atoms with van der Waals surface area (Å²) in [6, 6.07) is 16.4. The van der Waals surface area contributed by atoms with Crippen LogP contribution in [-0.4, -0.2) is 34.8 Å². The van der Waals surface area contributed by atoms with Crippen molar-refractivity contribution in [1.29, 1.82) is 0 Å². The first-order valence-electron chi connectivity index (χ1n) is 9.80. The number of hydrogen-bond donors (Lipinski definition) is 1. The summed E-state index contributed by atoms with van der Waals surface area (Å²) in [5.74, 6) is 1.71. The van der Waals surface area contributed by atoms with Gasteiger partial charge in [0.1, 0.15) is 12.2 Å². The Morgan fingerprint density at radius 3 is 2.69 bits per heavy atom. The maximum absolute atomic E-state index is 12.5. The van der Waals surface area contributed by atoms with E-state index in [-0.39, 0.29) is 12.5 Å². The molecule has 4 aromatic rings. The van der Waals surface area contributed by atoms with Crippen molar-refractivity contribution in [1.82, 2.24) is 20.0 Å². The number of hydrogen-bond acceptors (Lipinski definition) is 6. The standard InChI is InChI=1S/C23H21ClN4O4/c1-30-19-10-9-15(12-20(19)31-2)22-26-23(32-27-22)18-8-5-11-28(18)14-21(29)25-13-16-6-3-4-7-17(16)24/h3-12H,13-14H2,1-2H3,(H,25,29). The molecule has 0 spiro atoms. The Morgan fingerprint density at radius 2 is 1.91 bits per heavy atom. The van der Waals surface area contributed by atoms with Crippen molar-refractivity contribution in [2.45, 2.75) is 13.1 Å². The Hall–Kier alpha value is -3.78. The molecule has 0 saturated carbocycles. The molecule has 0 bridgehead atoms. The van der Waals surface area contributed by atoms with Gasteiger partial charge in [0.2, 0.25) is 11.7 Å². The van der Waals surface area contributed by atoms with Crippen LogP contribution in [0.3, 0.4) is 0 Å². The highest BCUT2D eigenvalue weighted by molar-refractivity contribution is 6.31. The molecule has 0 atom stereocenters. The Balaban J connectivity index is 1.48. The van der Waals surface area contributed by atoms with Gasteiger partial charge >= 0.3 is 0 Å². The summed E-state index contributed by atoms with van der Waals surface area (Å²) >= 11 is 6.15. The Labute approximate surface area is 189 Å². The Bertz CT molecular complexity index is 1230. The second kappa shape index (κ2) is 9.57. The molecule has 8 nitrogen and oxygen atoms in total. The molecule has 0 aliphatic heterocycles. The number of nitrogens with zero attached hydrogens (tertiary/aromatic N) is 3. The van der Waals surface area contributed by atoms with Gasteiger partial charge in [-0.1, -0.05) is 35.0 Å². The molecule has 2 aromatic heterocycles. The van der Waals surface area contributed by atoms with E-state index in [1.165, 1.54) is 0 Å². The largest absolute Gasteiger partial charge is 0.493 e. The second-order valence-electron chi connectivity index (χ2n) is 6.88. The van der Waals surface area contributed by atoms with Crippen molar-refractivity contribution in [2.75, 3.05) is 14.2 Å². The van der Waals surface area contributed by atoms with Gasteiger partial charge in [0.05, 0.1) is 14.2 Å². The molecule has 0 aliphatic carbocycles.